The number of halogens is 5. The first-order chi connectivity index (χ1) is 25.8. The van der Waals surface area contributed by atoms with Crippen LogP contribution in [0, 0.1) is 0 Å². The largest absolute Gasteiger partial charge is 0.379 e. The van der Waals surface area contributed by atoms with E-state index in [4.69, 9.17) is 81.7 Å². The molecule has 0 saturated carbocycles. The summed E-state index contributed by atoms with van der Waals surface area (Å²) in [6, 6.07) is 3.82. The second-order valence-electron chi connectivity index (χ2n) is 11.6. The highest BCUT2D eigenvalue weighted by atomic mass is 35.5. The maximum atomic E-state index is 6.12. The molecule has 5 saturated heterocycles. The van der Waals surface area contributed by atoms with Gasteiger partial charge in [0.05, 0.1) is 66.1 Å². The summed E-state index contributed by atoms with van der Waals surface area (Å²) in [5.74, 6) is 3.33. The summed E-state index contributed by atoms with van der Waals surface area (Å²) < 4.78 is 26.4. The van der Waals surface area contributed by atoms with Crippen LogP contribution < -0.4 is 24.9 Å². The second-order valence-corrected chi connectivity index (χ2v) is 13.3. The first kappa shape index (κ1) is 41.7. The zero-order chi connectivity index (χ0) is 37.3. The Hall–Kier alpha value is -2.42. The lowest BCUT2D eigenvalue weighted by atomic mass is 10.3. The number of hydrogen-bond acceptors (Lipinski definition) is 17. The van der Waals surface area contributed by atoms with Crippen molar-refractivity contribution in [1.29, 1.82) is 0 Å². The van der Waals surface area contributed by atoms with Gasteiger partial charge in [-0.3, -0.25) is 0 Å². The van der Waals surface area contributed by atoms with Gasteiger partial charge >= 0.3 is 0 Å². The molecule has 0 bridgehead atoms. The number of hydrogen-bond donors (Lipinski definition) is 1. The molecule has 5 aliphatic rings. The zero-order valence-electron chi connectivity index (χ0n) is 29.1. The van der Waals surface area contributed by atoms with Gasteiger partial charge in [0.2, 0.25) is 27.1 Å². The molecule has 3 aromatic rings. The van der Waals surface area contributed by atoms with Gasteiger partial charge in [-0.15, -0.1) is 0 Å². The zero-order valence-corrected chi connectivity index (χ0v) is 32.9. The van der Waals surface area contributed by atoms with Crippen molar-refractivity contribution in [1.82, 2.24) is 40.2 Å². The minimum absolute atomic E-state index is 0.000000000000000444. The molecule has 8 rings (SSSR count). The average molecular weight is 841 g/mol. The fourth-order valence-corrected chi connectivity index (χ4v) is 6.33. The molecule has 0 amide bonds. The third-order valence-corrected chi connectivity index (χ3v) is 8.91. The van der Waals surface area contributed by atoms with E-state index in [0.717, 1.165) is 136 Å². The molecular weight excluding hydrogens is 798 g/mol. The summed E-state index contributed by atoms with van der Waals surface area (Å²) >= 11 is 28.1. The van der Waals surface area contributed by atoms with Crippen LogP contribution in [0.25, 0.3) is 0 Å². The minimum atomic E-state index is 0.000000000000000444. The Bertz CT molecular complexity index is 1320. The SMILES string of the molecule is C1COCCN1.Clc1cc(N2CCOCC2)nc(N2CCOCC2)n1.Clc1nc(Cl)nc(Cl)n1.Clc1nc(N2CCOCC2)cc(N2CCOCC2)n1. The highest BCUT2D eigenvalue weighted by Gasteiger charge is 2.20. The molecule has 22 heteroatoms. The average Bonchev–Trinajstić information content (AvgIpc) is 3.20. The van der Waals surface area contributed by atoms with Gasteiger partial charge in [-0.25, -0.2) is 15.0 Å². The van der Waals surface area contributed by atoms with Crippen LogP contribution in [0.4, 0.5) is 23.4 Å². The molecule has 0 radical (unpaired) electrons. The molecule has 53 heavy (non-hydrogen) atoms. The Balaban J connectivity index is 0.000000149. The predicted molar refractivity (Wildman–Crippen MR) is 205 cm³/mol. The van der Waals surface area contributed by atoms with Crippen LogP contribution in [0.2, 0.25) is 26.3 Å². The Morgan fingerprint density at radius 3 is 1.09 bits per heavy atom. The van der Waals surface area contributed by atoms with E-state index >= 15 is 0 Å². The van der Waals surface area contributed by atoms with E-state index in [9.17, 15) is 0 Å². The fraction of sp³-hybridized carbons (Fsp3) is 0.645. The summed E-state index contributed by atoms with van der Waals surface area (Å²) in [5, 5.41) is 3.94. The quantitative estimate of drug-likeness (QED) is 0.301. The Morgan fingerprint density at radius 1 is 0.396 bits per heavy atom. The Labute approximate surface area is 333 Å². The first-order valence-electron chi connectivity index (χ1n) is 17.2. The van der Waals surface area contributed by atoms with Crippen molar-refractivity contribution in [3.8, 4) is 0 Å². The summed E-state index contributed by atoms with van der Waals surface area (Å²) in [5.41, 5.74) is 0. The van der Waals surface area contributed by atoms with Crippen LogP contribution in [0.15, 0.2) is 12.1 Å². The highest BCUT2D eigenvalue weighted by Crippen LogP contribution is 2.24. The highest BCUT2D eigenvalue weighted by molar-refractivity contribution is 6.33. The van der Waals surface area contributed by atoms with Gasteiger partial charge in [0.1, 0.15) is 22.6 Å². The number of nitrogens with one attached hydrogen (secondary N) is 1. The molecule has 8 heterocycles. The van der Waals surface area contributed by atoms with Crippen molar-refractivity contribution in [2.45, 2.75) is 0 Å². The number of aromatic nitrogens is 7. The monoisotopic (exact) mass is 838 g/mol. The van der Waals surface area contributed by atoms with Gasteiger partial charge in [0.25, 0.3) is 0 Å². The van der Waals surface area contributed by atoms with Gasteiger partial charge in [0, 0.05) is 77.6 Å². The van der Waals surface area contributed by atoms with Crippen LogP contribution in [-0.4, -0.2) is 166 Å². The molecule has 0 aromatic carbocycles. The molecule has 5 fully saturated rings. The lowest BCUT2D eigenvalue weighted by Crippen LogP contribution is -2.39. The standard InChI is InChI=1S/2C12H17ClN4O2.C4H9NO.C3Cl3N3/c13-12-14-10(16-1-5-18-6-2-16)9-11(15-12)17-3-7-19-8-4-17;13-10-9-11(16-1-5-18-6-2-16)15-12(14-10)17-3-7-19-8-4-17;1-3-6-4-2-5-1;4-1-7-2(5)9-3(6)8-1/h2*9H,1-8H2;5H,1-4H2;. The van der Waals surface area contributed by atoms with Crippen LogP contribution >= 0.6 is 58.0 Å². The number of nitrogens with zero attached hydrogens (tertiary/aromatic N) is 11. The summed E-state index contributed by atoms with van der Waals surface area (Å²) in [6.07, 6.45) is 0. The molecule has 1 N–H and O–H groups in total. The molecule has 0 atom stereocenters. The Morgan fingerprint density at radius 2 is 0.736 bits per heavy atom. The lowest BCUT2D eigenvalue weighted by Gasteiger charge is -2.31. The molecule has 292 valence electrons. The van der Waals surface area contributed by atoms with E-state index < -0.39 is 0 Å². The predicted octanol–water partition coefficient (Wildman–Crippen LogP) is 3.04. The number of anilines is 4. The lowest BCUT2D eigenvalue weighted by molar-refractivity contribution is 0.109. The van der Waals surface area contributed by atoms with Crippen LogP contribution in [-0.2, 0) is 23.7 Å². The van der Waals surface area contributed by atoms with E-state index in [-0.39, 0.29) is 15.9 Å². The molecule has 3 aromatic heterocycles. The van der Waals surface area contributed by atoms with E-state index in [1.54, 1.807) is 0 Å². The van der Waals surface area contributed by atoms with Gasteiger partial charge < -0.3 is 48.6 Å². The first-order valence-corrected chi connectivity index (χ1v) is 19.1. The molecular formula is C31H43Cl5N12O5. The van der Waals surface area contributed by atoms with Crippen molar-refractivity contribution in [2.24, 2.45) is 0 Å². The van der Waals surface area contributed by atoms with E-state index in [0.29, 0.717) is 29.6 Å². The van der Waals surface area contributed by atoms with Gasteiger partial charge in [-0.2, -0.15) is 19.9 Å². The number of morpholine rings is 5. The van der Waals surface area contributed by atoms with E-state index in [2.05, 4.69) is 59.8 Å². The number of rotatable bonds is 4. The fourth-order valence-electron chi connectivity index (χ4n) is 5.38. The topological polar surface area (TPSA) is 161 Å². The molecule has 0 unspecified atom stereocenters. The third kappa shape index (κ3) is 14.6. The number of ether oxygens (including phenoxy) is 5. The van der Waals surface area contributed by atoms with E-state index in [1.165, 1.54) is 0 Å². The van der Waals surface area contributed by atoms with E-state index in [1.807, 2.05) is 12.1 Å². The van der Waals surface area contributed by atoms with Gasteiger partial charge in [-0.1, -0.05) is 11.6 Å². The Kier molecular flexibility index (Phi) is 18.0. The van der Waals surface area contributed by atoms with Gasteiger partial charge in [-0.05, 0) is 46.4 Å². The molecule has 5 aliphatic heterocycles. The van der Waals surface area contributed by atoms with Crippen molar-refractivity contribution < 1.29 is 23.7 Å². The van der Waals surface area contributed by atoms with Crippen LogP contribution in [0.5, 0.6) is 0 Å². The summed E-state index contributed by atoms with van der Waals surface area (Å²) in [4.78, 5) is 36.6. The summed E-state index contributed by atoms with van der Waals surface area (Å²) in [7, 11) is 0. The van der Waals surface area contributed by atoms with Gasteiger partial charge in [0.15, 0.2) is 0 Å². The smallest absolute Gasteiger partial charge is 0.228 e. The van der Waals surface area contributed by atoms with Crippen molar-refractivity contribution in [2.75, 3.05) is 151 Å². The third-order valence-electron chi connectivity index (χ3n) is 8.04. The molecule has 17 nitrogen and oxygen atoms in total. The van der Waals surface area contributed by atoms with Crippen molar-refractivity contribution >= 4 is 81.4 Å². The second kappa shape index (κ2) is 22.8. The van der Waals surface area contributed by atoms with Crippen molar-refractivity contribution in [3.63, 3.8) is 0 Å². The summed E-state index contributed by atoms with van der Waals surface area (Å²) in [6.45, 7) is 16.3. The van der Waals surface area contributed by atoms with Crippen molar-refractivity contribution in [3.05, 3.63) is 38.4 Å². The van der Waals surface area contributed by atoms with Crippen LogP contribution in [0.3, 0.4) is 0 Å². The maximum Gasteiger partial charge on any atom is 0.228 e. The molecule has 0 spiro atoms. The maximum absolute atomic E-state index is 6.12. The minimum Gasteiger partial charge on any atom is -0.379 e. The normalized spacial score (nSPS) is 19.2. The van der Waals surface area contributed by atoms with Crippen LogP contribution in [0.1, 0.15) is 0 Å². The molecule has 0 aliphatic carbocycles.